The van der Waals surface area contributed by atoms with Crippen LogP contribution in [-0.4, -0.2) is 23.5 Å². The van der Waals surface area contributed by atoms with Gasteiger partial charge in [-0.15, -0.1) is 0 Å². The molecule has 1 saturated carbocycles. The molecule has 162 valence electrons. The number of halogens is 4. The maximum absolute atomic E-state index is 12.9. The van der Waals surface area contributed by atoms with E-state index in [1.54, 1.807) is 0 Å². The van der Waals surface area contributed by atoms with Crippen molar-refractivity contribution in [1.82, 2.24) is 10.3 Å². The van der Waals surface area contributed by atoms with Crippen LogP contribution in [0.4, 0.5) is 19.0 Å². The van der Waals surface area contributed by atoms with E-state index in [-0.39, 0.29) is 16.6 Å². The molecule has 2 aromatic rings. The molecular formula is C22H25ClF3N3O. The maximum Gasteiger partial charge on any atom is 0.416 e. The molecule has 1 amide bonds. The van der Waals surface area contributed by atoms with Gasteiger partial charge in [-0.05, 0) is 67.9 Å². The number of benzene rings is 1. The van der Waals surface area contributed by atoms with E-state index in [4.69, 9.17) is 11.6 Å². The zero-order valence-electron chi connectivity index (χ0n) is 16.7. The van der Waals surface area contributed by atoms with Crippen molar-refractivity contribution in [3.8, 4) is 0 Å². The van der Waals surface area contributed by atoms with Crippen molar-refractivity contribution in [1.29, 1.82) is 0 Å². The number of nitrogens with one attached hydrogen (secondary N) is 2. The predicted octanol–water partition coefficient (Wildman–Crippen LogP) is 5.72. The number of aryl methyl sites for hydroxylation is 1. The molecule has 0 atom stereocenters. The average Bonchev–Trinajstić information content (AvgIpc) is 2.73. The third-order valence-corrected chi connectivity index (χ3v) is 5.85. The van der Waals surface area contributed by atoms with E-state index in [1.807, 2.05) is 12.3 Å². The number of anilines is 1. The van der Waals surface area contributed by atoms with Gasteiger partial charge in [0.05, 0.1) is 16.1 Å². The zero-order chi connectivity index (χ0) is 21.7. The van der Waals surface area contributed by atoms with Gasteiger partial charge in [-0.3, -0.25) is 4.79 Å². The molecule has 30 heavy (non-hydrogen) atoms. The highest BCUT2D eigenvalue weighted by Gasteiger charge is 2.32. The number of carbonyl (C=O) groups excluding carboxylic acids is 1. The van der Waals surface area contributed by atoms with E-state index in [0.717, 1.165) is 62.7 Å². The fourth-order valence-electron chi connectivity index (χ4n) is 3.64. The molecule has 3 rings (SSSR count). The highest BCUT2D eigenvalue weighted by Crippen LogP contribution is 2.32. The van der Waals surface area contributed by atoms with Crippen LogP contribution < -0.4 is 10.6 Å². The number of hydrogen-bond acceptors (Lipinski definition) is 3. The Balaban J connectivity index is 1.49. The van der Waals surface area contributed by atoms with E-state index in [9.17, 15) is 18.0 Å². The lowest BCUT2D eigenvalue weighted by atomic mass is 9.86. The number of carbonyl (C=O) groups is 1. The minimum atomic E-state index is -4.52. The van der Waals surface area contributed by atoms with E-state index < -0.39 is 17.6 Å². The highest BCUT2D eigenvalue weighted by molar-refractivity contribution is 6.33. The van der Waals surface area contributed by atoms with E-state index in [0.29, 0.717) is 5.92 Å². The smallest absolute Gasteiger partial charge is 0.370 e. The summed E-state index contributed by atoms with van der Waals surface area (Å²) in [6.45, 7) is 2.89. The second-order valence-corrected chi connectivity index (χ2v) is 8.08. The van der Waals surface area contributed by atoms with Crippen molar-refractivity contribution in [3.05, 3.63) is 58.2 Å². The molecule has 1 aromatic heterocycles. The number of rotatable bonds is 6. The van der Waals surface area contributed by atoms with Crippen molar-refractivity contribution >= 4 is 23.3 Å². The molecule has 8 heteroatoms. The van der Waals surface area contributed by atoms with Gasteiger partial charge in [0, 0.05) is 18.8 Å². The third-order valence-electron chi connectivity index (χ3n) is 5.53. The summed E-state index contributed by atoms with van der Waals surface area (Å²) in [4.78, 5) is 16.9. The number of hydrogen-bond donors (Lipinski definition) is 2. The zero-order valence-corrected chi connectivity index (χ0v) is 17.5. The molecule has 1 aliphatic rings. The highest BCUT2D eigenvalue weighted by atomic mass is 35.5. The lowest BCUT2D eigenvalue weighted by molar-refractivity contribution is -0.137. The topological polar surface area (TPSA) is 54.0 Å². The Bertz CT molecular complexity index is 863. The van der Waals surface area contributed by atoms with Crippen LogP contribution in [0.25, 0.3) is 0 Å². The Hall–Kier alpha value is -2.28. The molecule has 0 aliphatic heterocycles. The van der Waals surface area contributed by atoms with Crippen molar-refractivity contribution in [2.45, 2.75) is 51.2 Å². The molecule has 4 nitrogen and oxygen atoms in total. The number of alkyl halides is 3. The van der Waals surface area contributed by atoms with Gasteiger partial charge in [-0.2, -0.15) is 13.2 Å². The fraction of sp³-hybridized carbons (Fsp3) is 0.455. The molecule has 0 radical (unpaired) electrons. The first-order valence-corrected chi connectivity index (χ1v) is 10.5. The van der Waals surface area contributed by atoms with Crippen LogP contribution in [0.1, 0.15) is 54.1 Å². The molecule has 0 spiro atoms. The Morgan fingerprint density at radius 3 is 2.50 bits per heavy atom. The maximum atomic E-state index is 12.9. The van der Waals surface area contributed by atoms with Gasteiger partial charge in [0.15, 0.2) is 0 Å². The molecule has 0 unspecified atom stereocenters. The first kappa shape index (κ1) is 22.4. The van der Waals surface area contributed by atoms with E-state index in [1.165, 1.54) is 5.56 Å². The van der Waals surface area contributed by atoms with E-state index in [2.05, 4.69) is 28.6 Å². The second kappa shape index (κ2) is 9.69. The Morgan fingerprint density at radius 1 is 1.17 bits per heavy atom. The lowest BCUT2D eigenvalue weighted by Crippen LogP contribution is -2.38. The first-order valence-electron chi connectivity index (χ1n) is 10.1. The molecule has 1 aliphatic carbocycles. The second-order valence-electron chi connectivity index (χ2n) is 7.67. The summed E-state index contributed by atoms with van der Waals surface area (Å²) in [7, 11) is 0. The third kappa shape index (κ3) is 5.88. The van der Waals surface area contributed by atoms with Gasteiger partial charge in [0.2, 0.25) is 0 Å². The van der Waals surface area contributed by atoms with Crippen molar-refractivity contribution in [2.75, 3.05) is 11.9 Å². The fourth-order valence-corrected chi connectivity index (χ4v) is 3.84. The van der Waals surface area contributed by atoms with Gasteiger partial charge in [-0.1, -0.05) is 24.6 Å². The standard InChI is InChI=1S/C22H25ClF3N3O/c1-2-14-5-10-20(27-12-14)28-13-15-3-7-17(8-4-15)29-21(30)18-11-16(22(24,25)26)6-9-19(18)23/h5-6,9-12,15,17H,2-4,7-8,13H2,1H3,(H,27,28)(H,29,30). The van der Waals surface area contributed by atoms with Crippen LogP contribution in [0.15, 0.2) is 36.5 Å². The predicted molar refractivity (Wildman–Crippen MR) is 112 cm³/mol. The molecule has 1 heterocycles. The van der Waals surface area contributed by atoms with Crippen LogP contribution in [0.5, 0.6) is 0 Å². The Morgan fingerprint density at radius 2 is 1.90 bits per heavy atom. The number of pyridine rings is 1. The van der Waals surface area contributed by atoms with Gasteiger partial charge in [0.1, 0.15) is 5.82 Å². The van der Waals surface area contributed by atoms with Crippen LogP contribution in [0, 0.1) is 5.92 Å². The van der Waals surface area contributed by atoms with Crippen molar-refractivity contribution in [3.63, 3.8) is 0 Å². The number of nitrogens with zero attached hydrogens (tertiary/aromatic N) is 1. The Labute approximate surface area is 179 Å². The summed E-state index contributed by atoms with van der Waals surface area (Å²) in [5, 5.41) is 6.20. The normalized spacial score (nSPS) is 19.4. The largest absolute Gasteiger partial charge is 0.416 e. The molecule has 2 N–H and O–H groups in total. The summed E-state index contributed by atoms with van der Waals surface area (Å²) in [5.41, 5.74) is 0.168. The number of aromatic nitrogens is 1. The average molecular weight is 440 g/mol. The first-order chi connectivity index (χ1) is 14.3. The summed E-state index contributed by atoms with van der Waals surface area (Å²) >= 11 is 5.96. The monoisotopic (exact) mass is 439 g/mol. The van der Waals surface area contributed by atoms with Crippen LogP contribution in [-0.2, 0) is 12.6 Å². The Kier molecular flexibility index (Phi) is 7.23. The summed E-state index contributed by atoms with van der Waals surface area (Å²) in [6.07, 6.45) is 1.69. The molecule has 0 bridgehead atoms. The van der Waals surface area contributed by atoms with Crippen LogP contribution >= 0.6 is 11.6 Å². The molecule has 1 fully saturated rings. The summed E-state index contributed by atoms with van der Waals surface area (Å²) in [5.74, 6) is 0.748. The minimum Gasteiger partial charge on any atom is -0.370 e. The quantitative estimate of drug-likeness (QED) is 0.605. The van der Waals surface area contributed by atoms with Gasteiger partial charge in [-0.25, -0.2) is 4.98 Å². The van der Waals surface area contributed by atoms with Gasteiger partial charge in [0.25, 0.3) is 5.91 Å². The van der Waals surface area contributed by atoms with Crippen LogP contribution in [0.2, 0.25) is 5.02 Å². The van der Waals surface area contributed by atoms with Gasteiger partial charge < -0.3 is 10.6 Å². The number of amides is 1. The summed E-state index contributed by atoms with van der Waals surface area (Å²) in [6, 6.07) is 6.76. The molecule has 0 saturated heterocycles. The van der Waals surface area contributed by atoms with Gasteiger partial charge >= 0.3 is 6.18 Å². The minimum absolute atomic E-state index is 0.0139. The SMILES string of the molecule is CCc1ccc(NCC2CCC(NC(=O)c3cc(C(F)(F)F)ccc3Cl)CC2)nc1. The molecule has 1 aromatic carbocycles. The summed E-state index contributed by atoms with van der Waals surface area (Å²) < 4.78 is 38.7. The lowest BCUT2D eigenvalue weighted by Gasteiger charge is -2.29. The van der Waals surface area contributed by atoms with Crippen molar-refractivity contribution in [2.24, 2.45) is 5.92 Å². The van der Waals surface area contributed by atoms with Crippen molar-refractivity contribution < 1.29 is 18.0 Å². The molecular weight excluding hydrogens is 415 g/mol. The van der Waals surface area contributed by atoms with E-state index >= 15 is 0 Å². The van der Waals surface area contributed by atoms with Crippen LogP contribution in [0.3, 0.4) is 0 Å².